The van der Waals surface area contributed by atoms with Gasteiger partial charge in [-0.1, -0.05) is 24.3 Å². The molecule has 12 rings (SSSR count). The van der Waals surface area contributed by atoms with Crippen LogP contribution in [0.5, 0.6) is 23.3 Å². The van der Waals surface area contributed by atoms with Crippen LogP contribution in [0.1, 0.15) is 74.1 Å². The molecule has 2 aromatic carbocycles. The maximum absolute atomic E-state index is 13.4. The molecular formula is C61H56BBr2F6IN13NaO11. The number of nitrogens with one attached hydrogen (secondary N) is 3. The normalized spacial score (nSPS) is 14.6. The second-order valence-electron chi connectivity index (χ2n) is 21.2. The van der Waals surface area contributed by atoms with Gasteiger partial charge in [0.2, 0.25) is 17.3 Å². The number of rotatable bonds is 7. The van der Waals surface area contributed by atoms with Gasteiger partial charge in [-0.2, -0.15) is 26.3 Å². The third kappa shape index (κ3) is 21.8. The molecule has 3 aliphatic rings. The van der Waals surface area contributed by atoms with Gasteiger partial charge in [0.1, 0.15) is 53.1 Å². The van der Waals surface area contributed by atoms with Crippen molar-refractivity contribution >= 4 is 96.5 Å². The number of nitrogens with zero attached hydrogens (tertiary/aromatic N) is 10. The second-order valence-corrected chi connectivity index (χ2v) is 24.4. The summed E-state index contributed by atoms with van der Waals surface area (Å²) in [5.74, 6) is -0.364. The largest absolute Gasteiger partial charge is 1.00 e. The molecule has 7 aromatic heterocycles. The van der Waals surface area contributed by atoms with Crippen LogP contribution < -0.4 is 75.3 Å². The predicted molar refractivity (Wildman–Crippen MR) is 348 cm³/mol. The SMILES string of the molecule is CC1(C)OB(c2ccc3c(c2)C(=O)Nc2cccc(n2)-c2nncn2CCCCO3)OC1(C)C.FC(F)Oc1ccc(Br)cn1.O=C([O-])C(F)(F)I.O=C1Nc2cccc(n2)-c2nncn2CCCCOc2ccc(-c3ccc(OC(F)F)nc3)cc21.O=c1ccc(Br)c[nH]1.[Na+]. The third-order valence-corrected chi connectivity index (χ3v) is 15.3. The average Bonchev–Trinajstić information content (AvgIpc) is 1.60. The minimum atomic E-state index is -3.72. The predicted octanol–water partition coefficient (Wildman–Crippen LogP) is 7.84. The third-order valence-electron chi connectivity index (χ3n) is 13.9. The van der Waals surface area contributed by atoms with Gasteiger partial charge in [0.25, 0.3) is 11.8 Å². The molecule has 96 heavy (non-hydrogen) atoms. The van der Waals surface area contributed by atoms with Crippen LogP contribution in [0.4, 0.5) is 38.0 Å². The molecule has 0 saturated carbocycles. The van der Waals surface area contributed by atoms with Crippen LogP contribution in [0.25, 0.3) is 34.2 Å². The molecule has 0 radical (unpaired) electrons. The number of halogens is 9. The number of aromatic nitrogens is 11. The van der Waals surface area contributed by atoms with Gasteiger partial charge in [-0.15, -0.1) is 20.4 Å². The zero-order valence-corrected chi connectivity index (χ0v) is 58.9. The van der Waals surface area contributed by atoms with Gasteiger partial charge in [0.05, 0.1) is 35.5 Å². The van der Waals surface area contributed by atoms with Crippen LogP contribution in [-0.2, 0) is 27.2 Å². The van der Waals surface area contributed by atoms with Crippen molar-refractivity contribution in [3.05, 3.63) is 171 Å². The van der Waals surface area contributed by atoms with E-state index in [0.29, 0.717) is 111 Å². The number of carbonyl (C=O) groups excluding carboxylic acids is 3. The van der Waals surface area contributed by atoms with Crippen molar-refractivity contribution in [2.24, 2.45) is 0 Å². The quantitative estimate of drug-likeness (QED) is 0.0592. The number of hydrogen-bond acceptors (Lipinski definition) is 19. The van der Waals surface area contributed by atoms with Gasteiger partial charge in [-0.05, 0) is 163 Å². The molecule has 0 atom stereocenters. The molecule has 3 aliphatic heterocycles. The Bertz CT molecular complexity index is 4110. The molecule has 9 aromatic rings. The van der Waals surface area contributed by atoms with Gasteiger partial charge in [-0.3, -0.25) is 14.4 Å². The summed E-state index contributed by atoms with van der Waals surface area (Å²) in [5, 5.41) is 31.3. The van der Waals surface area contributed by atoms with Crippen LogP contribution in [-0.4, -0.2) is 121 Å². The summed E-state index contributed by atoms with van der Waals surface area (Å²) in [6.07, 6.45) is 11.0. The first-order chi connectivity index (χ1) is 45.2. The summed E-state index contributed by atoms with van der Waals surface area (Å²) >= 11 is 6.75. The number of pyridine rings is 5. The summed E-state index contributed by atoms with van der Waals surface area (Å²) in [6.45, 7) is 4.59. The minimum absolute atomic E-state index is 0. The second kappa shape index (κ2) is 34.9. The number of benzene rings is 2. The topological polar surface area (TPSA) is 300 Å². The van der Waals surface area contributed by atoms with E-state index < -0.39 is 47.3 Å². The van der Waals surface area contributed by atoms with E-state index in [2.05, 4.69) is 97.3 Å². The maximum Gasteiger partial charge on any atom is 1.00 e. The number of aliphatic carboxylic acids is 1. The number of fused-ring (bicyclic) bond motifs is 10. The Morgan fingerprint density at radius 1 is 0.656 bits per heavy atom. The zero-order valence-electron chi connectivity index (χ0n) is 51.5. The van der Waals surface area contributed by atoms with E-state index >= 15 is 0 Å². The molecule has 1 fully saturated rings. The van der Waals surface area contributed by atoms with Crippen molar-refractivity contribution in [3.63, 3.8) is 0 Å². The molecule has 24 nitrogen and oxygen atoms in total. The Morgan fingerprint density at radius 2 is 1.14 bits per heavy atom. The Hall–Kier alpha value is -7.87. The van der Waals surface area contributed by atoms with Crippen molar-refractivity contribution in [1.29, 1.82) is 0 Å². The Kier molecular flexibility index (Phi) is 27.4. The van der Waals surface area contributed by atoms with Crippen molar-refractivity contribution in [1.82, 2.24) is 54.4 Å². The number of carboxylic acid groups (broad SMARTS) is 1. The number of ether oxygens (including phenoxy) is 4. The van der Waals surface area contributed by atoms with Gasteiger partial charge in [-0.25, -0.2) is 19.9 Å². The smallest absolute Gasteiger partial charge is 0.543 e. The summed E-state index contributed by atoms with van der Waals surface area (Å²) in [7, 11) is -0.580. The fourth-order valence-electron chi connectivity index (χ4n) is 8.61. The number of anilines is 2. The van der Waals surface area contributed by atoms with Crippen LogP contribution in [0.3, 0.4) is 0 Å². The zero-order chi connectivity index (χ0) is 68.5. The fourth-order valence-corrected chi connectivity index (χ4v) is 9.09. The van der Waals surface area contributed by atoms with Crippen molar-refractivity contribution in [2.45, 2.75) is 94.8 Å². The molecule has 1 saturated heterocycles. The number of alkyl halides is 7. The number of aromatic amines is 1. The minimum Gasteiger partial charge on any atom is -0.543 e. The van der Waals surface area contributed by atoms with E-state index in [-0.39, 0.29) is 52.8 Å². The molecular weight excluding hydrogens is 1530 g/mol. The summed E-state index contributed by atoms with van der Waals surface area (Å²) < 4.78 is 105. The summed E-state index contributed by atoms with van der Waals surface area (Å²) in [6, 6.07) is 30.4. The summed E-state index contributed by atoms with van der Waals surface area (Å²) in [4.78, 5) is 65.2. The van der Waals surface area contributed by atoms with Crippen LogP contribution in [0, 0.1) is 0 Å². The first-order valence-electron chi connectivity index (χ1n) is 28.5. The van der Waals surface area contributed by atoms with Crippen LogP contribution in [0.15, 0.2) is 154 Å². The van der Waals surface area contributed by atoms with Gasteiger partial charge in [0, 0.05) is 87.0 Å². The summed E-state index contributed by atoms with van der Waals surface area (Å²) in [5.41, 5.74) is 2.97. The monoisotopic (exact) mass is 1580 g/mol. The Balaban J connectivity index is 0.000000196. The van der Waals surface area contributed by atoms with Gasteiger partial charge in [0.15, 0.2) is 11.6 Å². The standard InChI is InChI=1S/C24H28BN5O4.C24H20F2N6O3.C6H4BrF2NO.C5H4BrNO.C2HF2IO2.Na/c1-23(2)24(3,4)34-25(33-23)16-10-11-19-17(14-16)22(31)28-20-9-7-8-18(27-20)21-29-26-15-30(21)12-5-6-13-32-19;25-24(26)35-21-9-7-16(13-27-21)15-6-8-19-17(12-15)23(33)30-20-5-3-4-18(29-20)22-31-28-14-32(22)10-1-2-11-34-19;7-4-1-2-5(10-3-4)11-6(8)9;6-4-1-2-5(8)7-3-4;3-2(4,5)1(6)7;/h7-11,14-15H,5-6,12-13H2,1-4H3,(H,27,28,31);3-9,12-14,24H,1-2,10-11H2,(H,29,30,33);1-3,6H;1-3H,(H,7,8);(H,6,7);/q;;;;;+1/p-1. The number of aryl methyl sites for hydroxylation is 2. The van der Waals surface area contributed by atoms with Gasteiger partial charge >= 0.3 is 53.8 Å². The Labute approximate surface area is 596 Å². The van der Waals surface area contributed by atoms with E-state index in [0.717, 1.165) is 46.6 Å². The van der Waals surface area contributed by atoms with E-state index in [9.17, 15) is 40.7 Å². The van der Waals surface area contributed by atoms with Gasteiger partial charge < -0.3 is 62.9 Å². The molecule has 2 amide bonds. The molecule has 4 bridgehead atoms. The van der Waals surface area contributed by atoms with E-state index in [1.807, 2.05) is 67.2 Å². The number of amides is 2. The average molecular weight is 1580 g/mol. The van der Waals surface area contributed by atoms with Crippen LogP contribution >= 0.6 is 54.5 Å². The maximum atomic E-state index is 13.4. The molecule has 0 unspecified atom stereocenters. The van der Waals surface area contributed by atoms with Crippen molar-refractivity contribution < 1.29 is 104 Å². The molecule has 35 heteroatoms. The molecule has 10 heterocycles. The number of carboxylic acids is 1. The van der Waals surface area contributed by atoms with E-state index in [4.69, 9.17) is 28.7 Å². The number of hydrogen-bond donors (Lipinski definition) is 3. The molecule has 498 valence electrons. The van der Waals surface area contributed by atoms with E-state index in [1.165, 1.54) is 30.6 Å². The van der Waals surface area contributed by atoms with E-state index in [1.54, 1.807) is 79.5 Å². The van der Waals surface area contributed by atoms with Crippen LogP contribution in [0.2, 0.25) is 0 Å². The van der Waals surface area contributed by atoms with Crippen molar-refractivity contribution in [2.75, 3.05) is 23.8 Å². The molecule has 3 N–H and O–H groups in total. The number of H-pyrrole nitrogens is 1. The number of carbonyl (C=O) groups is 3. The fraction of sp³-hybridized carbons (Fsp3) is 0.279. The molecule has 0 aliphatic carbocycles. The first-order valence-corrected chi connectivity index (χ1v) is 31.2. The van der Waals surface area contributed by atoms with Crippen molar-refractivity contribution in [3.8, 4) is 57.4 Å². The first kappa shape index (κ1) is 75.5. The molecule has 0 spiro atoms. The Morgan fingerprint density at radius 3 is 1.58 bits per heavy atom.